The molecule has 1 N–H and O–H groups in total. The molecule has 1 aromatic carbocycles. The molecule has 0 saturated heterocycles. The number of rotatable bonds is 5. The average Bonchev–Trinajstić information content (AvgIpc) is 2.43. The first-order valence-corrected chi connectivity index (χ1v) is 7.86. The highest BCUT2D eigenvalue weighted by atomic mass is 79.9. The summed E-state index contributed by atoms with van der Waals surface area (Å²) in [4.78, 5) is 9.03. The molecule has 21 heavy (non-hydrogen) atoms. The summed E-state index contributed by atoms with van der Waals surface area (Å²) in [5.41, 5.74) is 1.48. The van der Waals surface area contributed by atoms with Crippen LogP contribution in [0.2, 0.25) is 10.0 Å². The molecule has 112 valence electrons. The maximum atomic E-state index is 6.23. The van der Waals surface area contributed by atoms with Crippen LogP contribution in [0.15, 0.2) is 22.7 Å². The number of hydrogen-bond donors (Lipinski definition) is 1. The van der Waals surface area contributed by atoms with E-state index in [1.54, 1.807) is 25.3 Å². The number of benzene rings is 1. The number of nitrogens with one attached hydrogen (secondary N) is 1. The van der Waals surface area contributed by atoms with E-state index in [1.165, 1.54) is 0 Å². The molecular formula is C14H14BrCl2N3O. The lowest BCUT2D eigenvalue weighted by atomic mass is 10.2. The molecule has 1 aromatic heterocycles. The SMILES string of the molecule is CCNc1nc(-c2ccc(Cl)cc2Cl)nc(COC)c1Br. The van der Waals surface area contributed by atoms with Crippen LogP contribution in [0.3, 0.4) is 0 Å². The minimum absolute atomic E-state index is 0.375. The Morgan fingerprint density at radius 3 is 2.67 bits per heavy atom. The summed E-state index contributed by atoms with van der Waals surface area (Å²) in [5.74, 6) is 1.24. The molecule has 0 spiro atoms. The predicted molar refractivity (Wildman–Crippen MR) is 90.1 cm³/mol. The Hall–Kier alpha value is -0.880. The Bertz CT molecular complexity index is 625. The summed E-state index contributed by atoms with van der Waals surface area (Å²) >= 11 is 15.7. The first-order chi connectivity index (χ1) is 10.1. The second-order valence-corrected chi connectivity index (χ2v) is 5.88. The van der Waals surface area contributed by atoms with Gasteiger partial charge in [0.15, 0.2) is 5.82 Å². The van der Waals surface area contributed by atoms with Crippen LogP contribution in [0.25, 0.3) is 11.4 Å². The quantitative estimate of drug-likeness (QED) is 0.797. The molecule has 0 radical (unpaired) electrons. The zero-order valence-electron chi connectivity index (χ0n) is 11.6. The number of aromatic nitrogens is 2. The van der Waals surface area contributed by atoms with Crippen molar-refractivity contribution in [2.45, 2.75) is 13.5 Å². The molecule has 0 aliphatic carbocycles. The molecular weight excluding hydrogens is 377 g/mol. The summed E-state index contributed by atoms with van der Waals surface area (Å²) in [5, 5.41) is 4.28. The van der Waals surface area contributed by atoms with Gasteiger partial charge >= 0.3 is 0 Å². The molecule has 0 saturated carbocycles. The zero-order valence-corrected chi connectivity index (χ0v) is 14.7. The van der Waals surface area contributed by atoms with Crippen molar-refractivity contribution in [1.29, 1.82) is 0 Å². The van der Waals surface area contributed by atoms with E-state index < -0.39 is 0 Å². The molecule has 0 unspecified atom stereocenters. The maximum Gasteiger partial charge on any atom is 0.163 e. The smallest absolute Gasteiger partial charge is 0.163 e. The Balaban J connectivity index is 2.56. The highest BCUT2D eigenvalue weighted by Gasteiger charge is 2.15. The van der Waals surface area contributed by atoms with Gasteiger partial charge in [-0.2, -0.15) is 0 Å². The highest BCUT2D eigenvalue weighted by Crippen LogP contribution is 2.32. The fraction of sp³-hybridized carbons (Fsp3) is 0.286. The van der Waals surface area contributed by atoms with Crippen LogP contribution in [-0.4, -0.2) is 23.6 Å². The van der Waals surface area contributed by atoms with Crippen molar-refractivity contribution >= 4 is 44.9 Å². The van der Waals surface area contributed by atoms with E-state index in [0.717, 1.165) is 22.3 Å². The van der Waals surface area contributed by atoms with Crippen LogP contribution in [0.5, 0.6) is 0 Å². The molecule has 1 heterocycles. The van der Waals surface area contributed by atoms with Crippen molar-refractivity contribution in [2.75, 3.05) is 19.0 Å². The third-order valence-corrected chi connectivity index (χ3v) is 4.10. The zero-order chi connectivity index (χ0) is 15.4. The largest absolute Gasteiger partial charge is 0.378 e. The van der Waals surface area contributed by atoms with Crippen LogP contribution < -0.4 is 5.32 Å². The van der Waals surface area contributed by atoms with E-state index >= 15 is 0 Å². The minimum Gasteiger partial charge on any atom is -0.378 e. The molecule has 0 fully saturated rings. The van der Waals surface area contributed by atoms with Crippen LogP contribution in [0, 0.1) is 0 Å². The van der Waals surface area contributed by atoms with Crippen molar-refractivity contribution < 1.29 is 4.74 Å². The molecule has 0 amide bonds. The molecule has 2 aromatic rings. The fourth-order valence-electron chi connectivity index (χ4n) is 1.80. The van der Waals surface area contributed by atoms with Crippen molar-refractivity contribution in [1.82, 2.24) is 9.97 Å². The molecule has 0 bridgehead atoms. The maximum absolute atomic E-state index is 6.23. The Kier molecular flexibility index (Phi) is 5.81. The van der Waals surface area contributed by atoms with Gasteiger partial charge in [-0.1, -0.05) is 23.2 Å². The molecule has 0 aliphatic rings. The molecule has 0 aliphatic heterocycles. The topological polar surface area (TPSA) is 47.0 Å². The van der Waals surface area contributed by atoms with Gasteiger partial charge in [0.2, 0.25) is 0 Å². The van der Waals surface area contributed by atoms with Gasteiger partial charge in [0.25, 0.3) is 0 Å². The van der Waals surface area contributed by atoms with E-state index in [2.05, 4.69) is 31.2 Å². The van der Waals surface area contributed by atoms with Gasteiger partial charge in [0.1, 0.15) is 5.82 Å². The van der Waals surface area contributed by atoms with Gasteiger partial charge in [-0.05, 0) is 41.1 Å². The molecule has 4 nitrogen and oxygen atoms in total. The van der Waals surface area contributed by atoms with Gasteiger partial charge in [-0.3, -0.25) is 0 Å². The summed E-state index contributed by atoms with van der Waals surface area (Å²) in [6.07, 6.45) is 0. The average molecular weight is 391 g/mol. The normalized spacial score (nSPS) is 10.7. The van der Waals surface area contributed by atoms with Crippen LogP contribution >= 0.6 is 39.1 Å². The highest BCUT2D eigenvalue weighted by molar-refractivity contribution is 9.10. The van der Waals surface area contributed by atoms with Crippen molar-refractivity contribution in [2.24, 2.45) is 0 Å². The van der Waals surface area contributed by atoms with Gasteiger partial charge in [-0.25, -0.2) is 9.97 Å². The third-order valence-electron chi connectivity index (χ3n) is 2.72. The Morgan fingerprint density at radius 1 is 1.29 bits per heavy atom. The molecule has 2 rings (SSSR count). The summed E-state index contributed by atoms with van der Waals surface area (Å²) in [6.45, 7) is 3.12. The van der Waals surface area contributed by atoms with E-state index in [9.17, 15) is 0 Å². The number of methoxy groups -OCH3 is 1. The standard InChI is InChI=1S/C14H14BrCl2N3O/c1-3-18-14-12(15)11(7-21-2)19-13(20-14)9-5-4-8(16)6-10(9)17/h4-6H,3,7H2,1-2H3,(H,18,19,20). The number of halogens is 3. The number of anilines is 1. The van der Waals surface area contributed by atoms with Gasteiger partial charge < -0.3 is 10.1 Å². The van der Waals surface area contributed by atoms with E-state index in [0.29, 0.717) is 28.3 Å². The lowest BCUT2D eigenvalue weighted by Crippen LogP contribution is -2.07. The summed E-state index contributed by atoms with van der Waals surface area (Å²) in [7, 11) is 1.62. The number of ether oxygens (including phenoxy) is 1. The number of nitrogens with zero attached hydrogens (tertiary/aromatic N) is 2. The van der Waals surface area contributed by atoms with Gasteiger partial charge in [0, 0.05) is 24.2 Å². The lowest BCUT2D eigenvalue weighted by molar-refractivity contribution is 0.181. The van der Waals surface area contributed by atoms with E-state index in [-0.39, 0.29) is 0 Å². The fourth-order valence-corrected chi connectivity index (χ4v) is 2.73. The second kappa shape index (κ2) is 7.40. The van der Waals surface area contributed by atoms with Gasteiger partial charge in [-0.15, -0.1) is 0 Å². The van der Waals surface area contributed by atoms with Crippen molar-refractivity contribution in [3.05, 3.63) is 38.4 Å². The summed E-state index contributed by atoms with van der Waals surface area (Å²) in [6, 6.07) is 5.24. The first kappa shape index (κ1) is 16.5. The second-order valence-electron chi connectivity index (χ2n) is 4.24. The first-order valence-electron chi connectivity index (χ1n) is 6.31. The third kappa shape index (κ3) is 3.86. The lowest BCUT2D eigenvalue weighted by Gasteiger charge is -2.12. The number of hydrogen-bond acceptors (Lipinski definition) is 4. The minimum atomic E-state index is 0.375. The Morgan fingerprint density at radius 2 is 2.05 bits per heavy atom. The monoisotopic (exact) mass is 389 g/mol. The molecule has 7 heteroatoms. The van der Waals surface area contributed by atoms with Gasteiger partial charge in [0.05, 0.1) is 21.8 Å². The van der Waals surface area contributed by atoms with Crippen LogP contribution in [-0.2, 0) is 11.3 Å². The predicted octanol–water partition coefficient (Wildman–Crippen LogP) is 4.79. The Labute approximate surface area is 142 Å². The van der Waals surface area contributed by atoms with Crippen LogP contribution in [0.1, 0.15) is 12.6 Å². The van der Waals surface area contributed by atoms with Crippen LogP contribution in [0.4, 0.5) is 5.82 Å². The van der Waals surface area contributed by atoms with E-state index in [4.69, 9.17) is 27.9 Å². The van der Waals surface area contributed by atoms with Crippen molar-refractivity contribution in [3.8, 4) is 11.4 Å². The van der Waals surface area contributed by atoms with E-state index in [1.807, 2.05) is 6.92 Å². The summed E-state index contributed by atoms with van der Waals surface area (Å²) < 4.78 is 5.97. The van der Waals surface area contributed by atoms with Crippen molar-refractivity contribution in [3.63, 3.8) is 0 Å². The molecule has 0 atom stereocenters.